The molecule has 0 radical (unpaired) electrons. The maximum absolute atomic E-state index is 13.5. The van der Waals surface area contributed by atoms with Gasteiger partial charge >= 0.3 is 0 Å². The topological polar surface area (TPSA) is 111 Å². The maximum atomic E-state index is 13.5. The monoisotopic (exact) mass is 409 g/mol. The summed E-state index contributed by atoms with van der Waals surface area (Å²) in [6.07, 6.45) is 0. The van der Waals surface area contributed by atoms with Crippen LogP contribution >= 0.6 is 0 Å². The summed E-state index contributed by atoms with van der Waals surface area (Å²) in [5, 5.41) is 15.8. The molecule has 0 bridgehead atoms. The SMILES string of the molecule is O=C(COc1ccc(NC(=O)c2cccc([N+](=O)[O-])c2)cc1)Nc1ccccc1F. The van der Waals surface area contributed by atoms with Crippen LogP contribution in [0.4, 0.5) is 21.5 Å². The van der Waals surface area contributed by atoms with Gasteiger partial charge in [0, 0.05) is 23.4 Å². The fourth-order valence-electron chi connectivity index (χ4n) is 2.50. The molecule has 0 fully saturated rings. The maximum Gasteiger partial charge on any atom is 0.270 e. The molecule has 152 valence electrons. The van der Waals surface area contributed by atoms with Crippen molar-refractivity contribution in [2.45, 2.75) is 0 Å². The van der Waals surface area contributed by atoms with Gasteiger partial charge in [-0.25, -0.2) is 4.39 Å². The van der Waals surface area contributed by atoms with Crippen LogP contribution in [-0.2, 0) is 4.79 Å². The van der Waals surface area contributed by atoms with Gasteiger partial charge in [-0.15, -0.1) is 0 Å². The lowest BCUT2D eigenvalue weighted by Gasteiger charge is -2.09. The molecule has 0 atom stereocenters. The van der Waals surface area contributed by atoms with Crippen LogP contribution < -0.4 is 15.4 Å². The highest BCUT2D eigenvalue weighted by atomic mass is 19.1. The molecule has 8 nitrogen and oxygen atoms in total. The Kier molecular flexibility index (Phi) is 6.33. The van der Waals surface area contributed by atoms with E-state index in [0.29, 0.717) is 11.4 Å². The number of nitro benzene ring substituents is 1. The minimum atomic E-state index is -0.578. The van der Waals surface area contributed by atoms with Gasteiger partial charge in [-0.1, -0.05) is 18.2 Å². The second kappa shape index (κ2) is 9.28. The van der Waals surface area contributed by atoms with E-state index in [1.807, 2.05) is 0 Å². The Hall–Kier alpha value is -4.27. The van der Waals surface area contributed by atoms with E-state index in [9.17, 15) is 24.1 Å². The number of hydrogen-bond donors (Lipinski definition) is 2. The molecule has 2 N–H and O–H groups in total. The van der Waals surface area contributed by atoms with E-state index in [1.54, 1.807) is 30.3 Å². The van der Waals surface area contributed by atoms with Crippen molar-refractivity contribution < 1.29 is 23.6 Å². The fourth-order valence-corrected chi connectivity index (χ4v) is 2.50. The van der Waals surface area contributed by atoms with Gasteiger partial charge in [-0.3, -0.25) is 19.7 Å². The molecule has 2 amide bonds. The molecule has 0 heterocycles. The number of nitro groups is 1. The van der Waals surface area contributed by atoms with Crippen LogP contribution in [0.1, 0.15) is 10.4 Å². The zero-order valence-corrected chi connectivity index (χ0v) is 15.5. The molecular weight excluding hydrogens is 393 g/mol. The van der Waals surface area contributed by atoms with E-state index < -0.39 is 22.6 Å². The predicted molar refractivity (Wildman–Crippen MR) is 108 cm³/mol. The van der Waals surface area contributed by atoms with Gasteiger partial charge in [-0.05, 0) is 42.5 Å². The van der Waals surface area contributed by atoms with E-state index in [2.05, 4.69) is 10.6 Å². The predicted octanol–water partition coefficient (Wildman–Crippen LogP) is 4.00. The number of carbonyl (C=O) groups is 2. The van der Waals surface area contributed by atoms with Gasteiger partial charge in [0.1, 0.15) is 11.6 Å². The number of nitrogens with zero attached hydrogens (tertiary/aromatic N) is 1. The molecule has 3 rings (SSSR count). The van der Waals surface area contributed by atoms with Crippen LogP contribution in [0.25, 0.3) is 0 Å². The fraction of sp³-hybridized carbons (Fsp3) is 0.0476. The zero-order valence-electron chi connectivity index (χ0n) is 15.5. The summed E-state index contributed by atoms with van der Waals surface area (Å²) in [4.78, 5) is 34.4. The lowest BCUT2D eigenvalue weighted by molar-refractivity contribution is -0.384. The first-order valence-electron chi connectivity index (χ1n) is 8.75. The molecule has 30 heavy (non-hydrogen) atoms. The van der Waals surface area contributed by atoms with Crippen molar-refractivity contribution in [3.63, 3.8) is 0 Å². The Morgan fingerprint density at radius 1 is 0.967 bits per heavy atom. The first-order valence-corrected chi connectivity index (χ1v) is 8.75. The summed E-state index contributed by atoms with van der Waals surface area (Å²) in [6.45, 7) is -0.326. The van der Waals surface area contributed by atoms with Crippen LogP contribution in [0, 0.1) is 15.9 Å². The molecular formula is C21H16FN3O5. The number of hydrogen-bond acceptors (Lipinski definition) is 5. The summed E-state index contributed by atoms with van der Waals surface area (Å²) < 4.78 is 18.9. The van der Waals surface area contributed by atoms with E-state index in [1.165, 1.54) is 42.5 Å². The third kappa shape index (κ3) is 5.38. The molecule has 3 aromatic carbocycles. The summed E-state index contributed by atoms with van der Waals surface area (Å²) in [5.41, 5.74) is 0.467. The van der Waals surface area contributed by atoms with E-state index in [4.69, 9.17) is 4.74 Å². The molecule has 0 aliphatic carbocycles. The standard InChI is InChI=1S/C21H16FN3O5/c22-18-6-1-2-7-19(18)24-20(26)13-30-17-10-8-15(9-11-17)23-21(27)14-4-3-5-16(12-14)25(28)29/h1-12H,13H2,(H,23,27)(H,24,26). The zero-order chi connectivity index (χ0) is 21.5. The van der Waals surface area contributed by atoms with Crippen molar-refractivity contribution >= 4 is 28.9 Å². The number of anilines is 2. The highest BCUT2D eigenvalue weighted by Crippen LogP contribution is 2.18. The third-order valence-corrected chi connectivity index (χ3v) is 3.95. The smallest absolute Gasteiger partial charge is 0.270 e. The number of nitrogens with one attached hydrogen (secondary N) is 2. The molecule has 0 saturated heterocycles. The van der Waals surface area contributed by atoms with Gasteiger partial charge in [-0.2, -0.15) is 0 Å². The number of rotatable bonds is 7. The van der Waals surface area contributed by atoms with Crippen LogP contribution in [0.5, 0.6) is 5.75 Å². The number of halogens is 1. The van der Waals surface area contributed by atoms with Crippen molar-refractivity contribution in [3.05, 3.63) is 94.3 Å². The number of ether oxygens (including phenoxy) is 1. The number of carbonyl (C=O) groups excluding carboxylic acids is 2. The second-order valence-corrected chi connectivity index (χ2v) is 6.10. The highest BCUT2D eigenvalue weighted by molar-refractivity contribution is 6.04. The summed E-state index contributed by atoms with van der Waals surface area (Å²) >= 11 is 0. The van der Waals surface area contributed by atoms with Crippen molar-refractivity contribution in [2.24, 2.45) is 0 Å². The second-order valence-electron chi connectivity index (χ2n) is 6.10. The van der Waals surface area contributed by atoms with Crippen molar-refractivity contribution in [3.8, 4) is 5.75 Å². The summed E-state index contributed by atoms with van der Waals surface area (Å²) in [7, 11) is 0. The van der Waals surface area contributed by atoms with Gasteiger partial charge in [0.05, 0.1) is 10.6 Å². The Balaban J connectivity index is 1.54. The van der Waals surface area contributed by atoms with Gasteiger partial charge in [0.2, 0.25) is 0 Å². The van der Waals surface area contributed by atoms with Crippen LogP contribution in [0.3, 0.4) is 0 Å². The van der Waals surface area contributed by atoms with Crippen LogP contribution in [-0.4, -0.2) is 23.3 Å². The first-order chi connectivity index (χ1) is 14.4. The molecule has 0 aromatic heterocycles. The first kappa shape index (κ1) is 20.5. The minimum absolute atomic E-state index is 0.0605. The normalized spacial score (nSPS) is 10.2. The Bertz CT molecular complexity index is 1090. The largest absolute Gasteiger partial charge is 0.484 e. The Morgan fingerprint density at radius 3 is 2.40 bits per heavy atom. The van der Waals surface area contributed by atoms with Crippen LogP contribution in [0.2, 0.25) is 0 Å². The quantitative estimate of drug-likeness (QED) is 0.453. The molecule has 9 heteroatoms. The number of para-hydroxylation sites is 1. The third-order valence-electron chi connectivity index (χ3n) is 3.95. The van der Waals surface area contributed by atoms with Crippen LogP contribution in [0.15, 0.2) is 72.8 Å². The summed E-state index contributed by atoms with van der Waals surface area (Å²) in [5.74, 6) is -1.21. The van der Waals surface area contributed by atoms with E-state index in [0.717, 1.165) is 0 Å². The van der Waals surface area contributed by atoms with Crippen molar-refractivity contribution in [1.82, 2.24) is 0 Å². The average molecular weight is 409 g/mol. The van der Waals surface area contributed by atoms with Gasteiger partial charge in [0.25, 0.3) is 17.5 Å². The molecule has 0 unspecified atom stereocenters. The molecule has 0 aliphatic heterocycles. The Labute approximate surface area is 170 Å². The number of non-ortho nitro benzene ring substituents is 1. The minimum Gasteiger partial charge on any atom is -0.484 e. The van der Waals surface area contributed by atoms with E-state index >= 15 is 0 Å². The molecule has 0 spiro atoms. The van der Waals surface area contributed by atoms with E-state index in [-0.39, 0.29) is 23.5 Å². The number of benzene rings is 3. The highest BCUT2D eigenvalue weighted by Gasteiger charge is 2.12. The lowest BCUT2D eigenvalue weighted by atomic mass is 10.2. The number of amides is 2. The molecule has 3 aromatic rings. The van der Waals surface area contributed by atoms with Gasteiger partial charge < -0.3 is 15.4 Å². The molecule has 0 saturated carbocycles. The van der Waals surface area contributed by atoms with Gasteiger partial charge in [0.15, 0.2) is 6.61 Å². The Morgan fingerprint density at radius 2 is 1.70 bits per heavy atom. The van der Waals surface area contributed by atoms with Crippen molar-refractivity contribution in [1.29, 1.82) is 0 Å². The summed E-state index contributed by atoms with van der Waals surface area (Å²) in [6, 6.07) is 17.3. The average Bonchev–Trinajstić information content (AvgIpc) is 2.75. The van der Waals surface area contributed by atoms with Crippen molar-refractivity contribution in [2.75, 3.05) is 17.2 Å². The lowest BCUT2D eigenvalue weighted by Crippen LogP contribution is -2.20. The molecule has 0 aliphatic rings.